The van der Waals surface area contributed by atoms with Gasteiger partial charge in [-0.2, -0.15) is 0 Å². The summed E-state index contributed by atoms with van der Waals surface area (Å²) in [6.07, 6.45) is 2.17. The van der Waals surface area contributed by atoms with E-state index < -0.39 is 0 Å². The largest absolute Gasteiger partial charge is 0.478 e. The summed E-state index contributed by atoms with van der Waals surface area (Å²) in [5.41, 5.74) is 2.26. The molecule has 0 aliphatic carbocycles. The third kappa shape index (κ3) is 4.62. The number of nitrogens with one attached hydrogen (secondary N) is 1. The summed E-state index contributed by atoms with van der Waals surface area (Å²) in [6.45, 7) is 8.94. The zero-order valence-corrected chi connectivity index (χ0v) is 10.5. The molecular weight excluding hydrogens is 200 g/mol. The van der Waals surface area contributed by atoms with E-state index in [-0.39, 0.29) is 0 Å². The molecule has 0 bridgehead atoms. The van der Waals surface area contributed by atoms with Crippen molar-refractivity contribution in [1.82, 2.24) is 10.3 Å². The summed E-state index contributed by atoms with van der Waals surface area (Å²) in [7, 11) is 0. The van der Waals surface area contributed by atoms with E-state index in [4.69, 9.17) is 4.74 Å². The Hall–Kier alpha value is -1.09. The Kier molecular flexibility index (Phi) is 5.86. The molecule has 0 aliphatic heterocycles. The fraction of sp³-hybridized carbons (Fsp3) is 0.615. The van der Waals surface area contributed by atoms with Crippen LogP contribution in [0, 0.1) is 6.92 Å². The predicted octanol–water partition coefficient (Wildman–Crippen LogP) is 2.68. The minimum absolute atomic E-state index is 0.734. The molecule has 1 N–H and O–H groups in total. The number of ether oxygens (including phenoxy) is 1. The van der Waals surface area contributed by atoms with E-state index in [0.717, 1.165) is 44.1 Å². The molecule has 0 atom stereocenters. The number of pyridine rings is 1. The number of rotatable bonds is 7. The van der Waals surface area contributed by atoms with Gasteiger partial charge in [0.05, 0.1) is 6.61 Å². The van der Waals surface area contributed by atoms with Gasteiger partial charge < -0.3 is 10.1 Å². The van der Waals surface area contributed by atoms with E-state index in [0.29, 0.717) is 0 Å². The van der Waals surface area contributed by atoms with Crippen molar-refractivity contribution >= 4 is 0 Å². The van der Waals surface area contributed by atoms with Gasteiger partial charge in [0.1, 0.15) is 0 Å². The molecule has 0 fully saturated rings. The van der Waals surface area contributed by atoms with Crippen LogP contribution in [0.25, 0.3) is 0 Å². The molecule has 0 saturated heterocycles. The second-order valence-electron chi connectivity index (χ2n) is 3.98. The zero-order chi connectivity index (χ0) is 11.8. The number of aromatic nitrogens is 1. The van der Waals surface area contributed by atoms with Crippen LogP contribution in [0.3, 0.4) is 0 Å². The van der Waals surface area contributed by atoms with Crippen molar-refractivity contribution in [2.75, 3.05) is 13.2 Å². The number of aryl methyl sites for hydroxylation is 1. The van der Waals surface area contributed by atoms with Gasteiger partial charge in [0.15, 0.2) is 0 Å². The van der Waals surface area contributed by atoms with Gasteiger partial charge in [0.2, 0.25) is 5.88 Å². The van der Waals surface area contributed by atoms with Crippen LogP contribution in [0.15, 0.2) is 12.1 Å². The average molecular weight is 222 g/mol. The zero-order valence-electron chi connectivity index (χ0n) is 10.5. The molecule has 0 aromatic carbocycles. The van der Waals surface area contributed by atoms with Crippen LogP contribution < -0.4 is 10.1 Å². The molecule has 1 heterocycles. The van der Waals surface area contributed by atoms with E-state index in [1.165, 1.54) is 5.56 Å². The molecule has 16 heavy (non-hydrogen) atoms. The van der Waals surface area contributed by atoms with Crippen LogP contribution in [-0.2, 0) is 6.54 Å². The molecule has 0 radical (unpaired) electrons. The topological polar surface area (TPSA) is 34.2 Å². The highest BCUT2D eigenvalue weighted by molar-refractivity contribution is 5.24. The highest BCUT2D eigenvalue weighted by atomic mass is 16.5. The normalized spacial score (nSPS) is 10.4. The maximum absolute atomic E-state index is 5.54. The SMILES string of the molecule is CCCNCc1cc(C)nc(OCCC)c1. The molecule has 0 unspecified atom stereocenters. The van der Waals surface area contributed by atoms with Crippen molar-refractivity contribution in [2.24, 2.45) is 0 Å². The van der Waals surface area contributed by atoms with Gasteiger partial charge in [-0.25, -0.2) is 4.98 Å². The van der Waals surface area contributed by atoms with Gasteiger partial charge in [-0.15, -0.1) is 0 Å². The van der Waals surface area contributed by atoms with Gasteiger partial charge in [0, 0.05) is 18.3 Å². The first-order chi connectivity index (χ1) is 7.76. The first-order valence-electron chi connectivity index (χ1n) is 6.07. The number of hydrogen-bond acceptors (Lipinski definition) is 3. The van der Waals surface area contributed by atoms with Crippen LogP contribution in [0.1, 0.15) is 37.9 Å². The van der Waals surface area contributed by atoms with Crippen LogP contribution in [0.5, 0.6) is 5.88 Å². The third-order valence-corrected chi connectivity index (χ3v) is 2.20. The monoisotopic (exact) mass is 222 g/mol. The number of nitrogens with zero attached hydrogens (tertiary/aromatic N) is 1. The molecule has 1 aromatic heterocycles. The molecule has 1 aromatic rings. The third-order valence-electron chi connectivity index (χ3n) is 2.20. The van der Waals surface area contributed by atoms with Gasteiger partial charge in [-0.1, -0.05) is 13.8 Å². The van der Waals surface area contributed by atoms with Gasteiger partial charge >= 0.3 is 0 Å². The van der Waals surface area contributed by atoms with E-state index in [9.17, 15) is 0 Å². The Morgan fingerprint density at radius 3 is 2.75 bits per heavy atom. The molecular formula is C13H22N2O. The van der Waals surface area contributed by atoms with Gasteiger partial charge in [0.25, 0.3) is 0 Å². The number of hydrogen-bond donors (Lipinski definition) is 1. The Morgan fingerprint density at radius 2 is 2.06 bits per heavy atom. The highest BCUT2D eigenvalue weighted by Crippen LogP contribution is 2.12. The smallest absolute Gasteiger partial charge is 0.213 e. The molecule has 0 spiro atoms. The molecule has 90 valence electrons. The summed E-state index contributed by atoms with van der Waals surface area (Å²) >= 11 is 0. The van der Waals surface area contributed by atoms with Crippen LogP contribution >= 0.6 is 0 Å². The van der Waals surface area contributed by atoms with E-state index in [2.05, 4.69) is 30.2 Å². The summed E-state index contributed by atoms with van der Waals surface area (Å²) in [6, 6.07) is 4.12. The fourth-order valence-corrected chi connectivity index (χ4v) is 1.50. The van der Waals surface area contributed by atoms with Crippen molar-refractivity contribution in [3.63, 3.8) is 0 Å². The maximum atomic E-state index is 5.54. The summed E-state index contributed by atoms with van der Waals surface area (Å²) < 4.78 is 5.54. The lowest BCUT2D eigenvalue weighted by Crippen LogP contribution is -2.14. The molecule has 3 heteroatoms. The molecule has 1 rings (SSSR count). The van der Waals surface area contributed by atoms with Crippen molar-refractivity contribution in [2.45, 2.75) is 40.2 Å². The predicted molar refractivity (Wildman–Crippen MR) is 66.8 cm³/mol. The van der Waals surface area contributed by atoms with Crippen LogP contribution in [-0.4, -0.2) is 18.1 Å². The molecule has 3 nitrogen and oxygen atoms in total. The Balaban J connectivity index is 2.58. The molecule has 0 amide bonds. The standard InChI is InChI=1S/C13H22N2O/c1-4-6-14-10-12-8-11(3)15-13(9-12)16-7-5-2/h8-9,14H,4-7,10H2,1-3H3. The van der Waals surface area contributed by atoms with Crippen LogP contribution in [0.2, 0.25) is 0 Å². The van der Waals surface area contributed by atoms with Crippen molar-refractivity contribution in [1.29, 1.82) is 0 Å². The lowest BCUT2D eigenvalue weighted by Gasteiger charge is -2.08. The lowest BCUT2D eigenvalue weighted by molar-refractivity contribution is 0.304. The molecule has 0 saturated carbocycles. The summed E-state index contributed by atoms with van der Waals surface area (Å²) in [4.78, 5) is 4.35. The van der Waals surface area contributed by atoms with Crippen molar-refractivity contribution < 1.29 is 4.74 Å². The first kappa shape index (κ1) is 13.0. The van der Waals surface area contributed by atoms with E-state index >= 15 is 0 Å². The summed E-state index contributed by atoms with van der Waals surface area (Å²) in [5.74, 6) is 0.746. The minimum atomic E-state index is 0.734. The second-order valence-corrected chi connectivity index (χ2v) is 3.98. The Morgan fingerprint density at radius 1 is 1.25 bits per heavy atom. The minimum Gasteiger partial charge on any atom is -0.478 e. The van der Waals surface area contributed by atoms with Gasteiger partial charge in [-0.05, 0) is 37.9 Å². The first-order valence-corrected chi connectivity index (χ1v) is 6.07. The van der Waals surface area contributed by atoms with E-state index in [1.54, 1.807) is 0 Å². The van der Waals surface area contributed by atoms with Crippen molar-refractivity contribution in [3.05, 3.63) is 23.4 Å². The van der Waals surface area contributed by atoms with Crippen molar-refractivity contribution in [3.8, 4) is 5.88 Å². The average Bonchev–Trinajstić information content (AvgIpc) is 2.26. The summed E-state index contributed by atoms with van der Waals surface area (Å²) in [5, 5.41) is 3.38. The highest BCUT2D eigenvalue weighted by Gasteiger charge is 2.00. The van der Waals surface area contributed by atoms with E-state index in [1.807, 2.05) is 13.0 Å². The quantitative estimate of drug-likeness (QED) is 0.720. The fourth-order valence-electron chi connectivity index (χ4n) is 1.50. The van der Waals surface area contributed by atoms with Crippen LogP contribution in [0.4, 0.5) is 0 Å². The van der Waals surface area contributed by atoms with Gasteiger partial charge in [-0.3, -0.25) is 0 Å². The Labute approximate surface area is 98.2 Å². The Bertz CT molecular complexity index is 313. The maximum Gasteiger partial charge on any atom is 0.213 e. The second kappa shape index (κ2) is 7.23. The lowest BCUT2D eigenvalue weighted by atomic mass is 10.2. The molecule has 0 aliphatic rings.